The summed E-state index contributed by atoms with van der Waals surface area (Å²) < 4.78 is 4.97. The number of aromatic hydroxyl groups is 1. The van der Waals surface area contributed by atoms with E-state index in [4.69, 9.17) is 11.2 Å². The van der Waals surface area contributed by atoms with Crippen molar-refractivity contribution in [1.82, 2.24) is 5.32 Å². The zero-order valence-electron chi connectivity index (χ0n) is 9.66. The van der Waals surface area contributed by atoms with E-state index < -0.39 is 0 Å². The van der Waals surface area contributed by atoms with Crippen LogP contribution in [0.5, 0.6) is 11.5 Å². The van der Waals surface area contributed by atoms with Gasteiger partial charge in [0.05, 0.1) is 13.2 Å². The predicted molar refractivity (Wildman–Crippen MR) is 64.4 cm³/mol. The second-order valence-corrected chi connectivity index (χ2v) is 3.51. The Morgan fingerprint density at radius 1 is 1.56 bits per heavy atom. The molecule has 1 aromatic carbocycles. The van der Waals surface area contributed by atoms with E-state index in [1.165, 1.54) is 7.11 Å². The van der Waals surface area contributed by atoms with Gasteiger partial charge in [0.15, 0.2) is 11.5 Å². The lowest BCUT2D eigenvalue weighted by Gasteiger charge is -2.11. The Kier molecular flexibility index (Phi) is 4.68. The van der Waals surface area contributed by atoms with E-state index in [2.05, 4.69) is 11.2 Å². The van der Waals surface area contributed by atoms with Crippen LogP contribution < -0.4 is 10.1 Å². The maximum absolute atomic E-state index is 9.58. The minimum absolute atomic E-state index is 0.0734. The van der Waals surface area contributed by atoms with Crippen LogP contribution in [0.15, 0.2) is 18.2 Å². The predicted octanol–water partition coefficient (Wildman–Crippen LogP) is 1.90. The van der Waals surface area contributed by atoms with E-state index in [0.29, 0.717) is 12.3 Å². The van der Waals surface area contributed by atoms with Crippen molar-refractivity contribution in [3.05, 3.63) is 23.8 Å². The molecule has 0 aliphatic carbocycles. The average Bonchev–Trinajstić information content (AvgIpc) is 2.30. The molecule has 1 rings (SSSR count). The van der Waals surface area contributed by atoms with Crippen LogP contribution >= 0.6 is 0 Å². The molecule has 0 aliphatic rings. The van der Waals surface area contributed by atoms with Gasteiger partial charge in [-0.2, -0.15) is 0 Å². The van der Waals surface area contributed by atoms with Crippen molar-refractivity contribution in [2.24, 2.45) is 0 Å². The van der Waals surface area contributed by atoms with Gasteiger partial charge in [-0.15, -0.1) is 6.42 Å². The lowest BCUT2D eigenvalue weighted by atomic mass is 10.1. The molecular weight excluding hydrogens is 202 g/mol. The van der Waals surface area contributed by atoms with Gasteiger partial charge in [0.2, 0.25) is 0 Å². The van der Waals surface area contributed by atoms with Crippen molar-refractivity contribution < 1.29 is 9.84 Å². The van der Waals surface area contributed by atoms with Gasteiger partial charge in [0, 0.05) is 6.54 Å². The fourth-order valence-electron chi connectivity index (χ4n) is 1.41. The Morgan fingerprint density at radius 2 is 2.31 bits per heavy atom. The van der Waals surface area contributed by atoms with Crippen LogP contribution in [-0.4, -0.2) is 18.3 Å². The van der Waals surface area contributed by atoms with Gasteiger partial charge in [0.1, 0.15) is 0 Å². The maximum atomic E-state index is 9.58. The number of hydrogen-bond acceptors (Lipinski definition) is 3. The van der Waals surface area contributed by atoms with Crippen molar-refractivity contribution in [1.29, 1.82) is 0 Å². The summed E-state index contributed by atoms with van der Waals surface area (Å²) in [5.41, 5.74) is 0.979. The smallest absolute Gasteiger partial charge is 0.160 e. The number of phenols is 1. The van der Waals surface area contributed by atoms with E-state index in [0.717, 1.165) is 12.0 Å². The number of ether oxygens (including phenoxy) is 1. The quantitative estimate of drug-likeness (QED) is 0.743. The molecular formula is C13H17NO2. The topological polar surface area (TPSA) is 41.5 Å². The van der Waals surface area contributed by atoms with Gasteiger partial charge in [-0.3, -0.25) is 5.32 Å². The number of phenolic OH excluding ortho intramolecular Hbond substituents is 1. The fraction of sp³-hybridized carbons (Fsp3) is 0.385. The molecule has 1 unspecified atom stereocenters. The molecule has 0 aliphatic heterocycles. The second-order valence-electron chi connectivity index (χ2n) is 3.51. The first-order chi connectivity index (χ1) is 7.71. The van der Waals surface area contributed by atoms with Crippen molar-refractivity contribution >= 4 is 0 Å². The summed E-state index contributed by atoms with van der Waals surface area (Å²) in [6, 6.07) is 5.39. The van der Waals surface area contributed by atoms with Gasteiger partial charge in [-0.25, -0.2) is 0 Å². The lowest BCUT2D eigenvalue weighted by Crippen LogP contribution is -2.26. The zero-order chi connectivity index (χ0) is 12.0. The standard InChI is InChI=1S/C13H17NO2/c1-4-11(5-2)14-9-10-6-7-13(16-3)12(15)8-10/h1,6-8,11,14-15H,5,9H2,2-3H3. The van der Waals surface area contributed by atoms with Crippen LogP contribution in [0.1, 0.15) is 18.9 Å². The summed E-state index contributed by atoms with van der Waals surface area (Å²) >= 11 is 0. The molecule has 0 bridgehead atoms. The first-order valence-electron chi connectivity index (χ1n) is 5.26. The number of benzene rings is 1. The van der Waals surface area contributed by atoms with Gasteiger partial charge in [-0.1, -0.05) is 18.9 Å². The molecule has 1 aromatic rings. The first kappa shape index (κ1) is 12.4. The summed E-state index contributed by atoms with van der Waals surface area (Å²) in [5, 5.41) is 12.8. The zero-order valence-corrected chi connectivity index (χ0v) is 9.66. The minimum atomic E-state index is 0.0734. The van der Waals surface area contributed by atoms with E-state index in [1.807, 2.05) is 13.0 Å². The lowest BCUT2D eigenvalue weighted by molar-refractivity contribution is 0.373. The van der Waals surface area contributed by atoms with Crippen molar-refractivity contribution in [2.45, 2.75) is 25.9 Å². The van der Waals surface area contributed by atoms with Crippen molar-refractivity contribution in [2.75, 3.05) is 7.11 Å². The highest BCUT2D eigenvalue weighted by molar-refractivity contribution is 5.41. The van der Waals surface area contributed by atoms with E-state index in [1.54, 1.807) is 12.1 Å². The molecule has 0 heterocycles. The summed E-state index contributed by atoms with van der Waals surface area (Å²) in [4.78, 5) is 0. The molecule has 1 atom stereocenters. The highest BCUT2D eigenvalue weighted by atomic mass is 16.5. The number of nitrogens with one attached hydrogen (secondary N) is 1. The summed E-state index contributed by atoms with van der Waals surface area (Å²) in [5.74, 6) is 3.29. The van der Waals surface area contributed by atoms with Crippen LogP contribution in [0.4, 0.5) is 0 Å². The Morgan fingerprint density at radius 3 is 2.81 bits per heavy atom. The SMILES string of the molecule is C#CC(CC)NCc1ccc(OC)c(O)c1. The third kappa shape index (κ3) is 3.18. The Balaban J connectivity index is 2.62. The van der Waals surface area contributed by atoms with Crippen LogP contribution in [0.25, 0.3) is 0 Å². The third-order valence-corrected chi connectivity index (χ3v) is 2.41. The molecule has 3 heteroatoms. The number of rotatable bonds is 5. The third-order valence-electron chi connectivity index (χ3n) is 2.41. The Bertz CT molecular complexity index is 382. The molecule has 0 amide bonds. The van der Waals surface area contributed by atoms with Crippen LogP contribution in [0.2, 0.25) is 0 Å². The molecule has 0 aromatic heterocycles. The summed E-state index contributed by atoms with van der Waals surface area (Å²) in [6.07, 6.45) is 6.23. The molecule has 0 fully saturated rings. The molecule has 3 nitrogen and oxygen atoms in total. The Hall–Kier alpha value is -1.66. The van der Waals surface area contributed by atoms with E-state index in [-0.39, 0.29) is 11.8 Å². The van der Waals surface area contributed by atoms with Gasteiger partial charge >= 0.3 is 0 Å². The monoisotopic (exact) mass is 219 g/mol. The largest absolute Gasteiger partial charge is 0.504 e. The van der Waals surface area contributed by atoms with Crippen LogP contribution in [-0.2, 0) is 6.54 Å². The second kappa shape index (κ2) is 6.04. The van der Waals surface area contributed by atoms with E-state index >= 15 is 0 Å². The van der Waals surface area contributed by atoms with Gasteiger partial charge in [0.25, 0.3) is 0 Å². The molecule has 0 saturated carbocycles. The molecule has 16 heavy (non-hydrogen) atoms. The molecule has 0 spiro atoms. The van der Waals surface area contributed by atoms with E-state index in [9.17, 15) is 5.11 Å². The van der Waals surface area contributed by atoms with Gasteiger partial charge < -0.3 is 9.84 Å². The molecule has 86 valence electrons. The first-order valence-corrected chi connectivity index (χ1v) is 5.26. The van der Waals surface area contributed by atoms with Crippen molar-refractivity contribution in [3.63, 3.8) is 0 Å². The number of methoxy groups -OCH3 is 1. The fourth-order valence-corrected chi connectivity index (χ4v) is 1.41. The molecule has 2 N–H and O–H groups in total. The highest BCUT2D eigenvalue weighted by Crippen LogP contribution is 2.26. The minimum Gasteiger partial charge on any atom is -0.504 e. The number of terminal acetylenes is 1. The van der Waals surface area contributed by atoms with Crippen LogP contribution in [0.3, 0.4) is 0 Å². The molecule has 0 radical (unpaired) electrons. The summed E-state index contributed by atoms with van der Waals surface area (Å²) in [6.45, 7) is 2.67. The number of hydrogen-bond donors (Lipinski definition) is 2. The highest BCUT2D eigenvalue weighted by Gasteiger charge is 2.04. The average molecular weight is 219 g/mol. The van der Waals surface area contributed by atoms with Gasteiger partial charge in [-0.05, 0) is 24.1 Å². The Labute approximate surface area is 96.4 Å². The maximum Gasteiger partial charge on any atom is 0.160 e. The molecule has 0 saturated heterocycles. The van der Waals surface area contributed by atoms with Crippen LogP contribution in [0, 0.1) is 12.3 Å². The van der Waals surface area contributed by atoms with Crippen molar-refractivity contribution in [3.8, 4) is 23.8 Å². The normalized spacial score (nSPS) is 11.8. The summed E-state index contributed by atoms with van der Waals surface area (Å²) in [7, 11) is 1.53.